The first-order valence-corrected chi connectivity index (χ1v) is 14.0. The van der Waals surface area contributed by atoms with Gasteiger partial charge in [-0.05, 0) is 60.9 Å². The Morgan fingerprint density at radius 3 is 2.41 bits per heavy atom. The molecule has 3 atom stereocenters. The molecular weight excluding hydrogens is 516 g/mol. The van der Waals surface area contributed by atoms with E-state index in [0.29, 0.717) is 47.8 Å². The van der Waals surface area contributed by atoms with Gasteiger partial charge in [0.2, 0.25) is 0 Å². The average molecular weight is 547 g/mol. The molecule has 1 spiro atoms. The number of rotatable bonds is 5. The number of fused-ring (bicyclic) bond motifs is 4. The molecule has 0 aromatic heterocycles. The average Bonchev–Trinajstić information content (AvgIpc) is 3.39. The zero-order chi connectivity index (χ0) is 28.1. The van der Waals surface area contributed by atoms with Crippen LogP contribution in [0.25, 0.3) is 0 Å². The standard InChI is InChI=1S/C34H30N2O5/c1-22-19-25(17-18-37)41-34(22)27-20-24(15-16-28(27)35(33(34)39)21-23-9-3-2-4-10-23)36-29-12-6-8-14-31(29)40-30-13-7-5-11-26(30)32(36)38/h2-16,20,22,25,37H,17-19,21H2,1H3/t22-,25+,34+/m1/s1. The van der Waals surface area contributed by atoms with E-state index in [0.717, 1.165) is 16.8 Å². The van der Waals surface area contributed by atoms with Gasteiger partial charge in [0, 0.05) is 23.8 Å². The molecule has 7 nitrogen and oxygen atoms in total. The summed E-state index contributed by atoms with van der Waals surface area (Å²) in [6.07, 6.45) is 0.869. The van der Waals surface area contributed by atoms with Gasteiger partial charge in [-0.3, -0.25) is 14.5 Å². The van der Waals surface area contributed by atoms with Crippen molar-refractivity contribution in [2.45, 2.75) is 38.0 Å². The monoisotopic (exact) mass is 546 g/mol. The number of carbonyl (C=O) groups excluding carboxylic acids is 2. The highest BCUT2D eigenvalue weighted by molar-refractivity contribution is 6.15. The van der Waals surface area contributed by atoms with E-state index in [1.165, 1.54) is 0 Å². The van der Waals surface area contributed by atoms with Crippen LogP contribution in [0.2, 0.25) is 0 Å². The van der Waals surface area contributed by atoms with Gasteiger partial charge in [-0.2, -0.15) is 0 Å². The predicted octanol–water partition coefficient (Wildman–Crippen LogP) is 6.32. The van der Waals surface area contributed by atoms with Crippen molar-refractivity contribution in [1.82, 2.24) is 0 Å². The Morgan fingerprint density at radius 1 is 0.878 bits per heavy atom. The third-order valence-corrected chi connectivity index (χ3v) is 8.44. The fourth-order valence-corrected chi connectivity index (χ4v) is 6.51. The third kappa shape index (κ3) is 3.96. The molecule has 2 amide bonds. The van der Waals surface area contributed by atoms with E-state index in [-0.39, 0.29) is 30.4 Å². The van der Waals surface area contributed by atoms with Crippen molar-refractivity contribution in [3.8, 4) is 11.5 Å². The summed E-state index contributed by atoms with van der Waals surface area (Å²) in [5.41, 5.74) is 3.01. The number of amides is 2. The largest absolute Gasteiger partial charge is 0.454 e. The first kappa shape index (κ1) is 25.5. The molecule has 1 saturated heterocycles. The van der Waals surface area contributed by atoms with Crippen molar-refractivity contribution in [3.05, 3.63) is 114 Å². The highest BCUT2D eigenvalue weighted by atomic mass is 16.5. The number of nitrogens with zero attached hydrogens (tertiary/aromatic N) is 2. The first-order valence-electron chi connectivity index (χ1n) is 14.0. The van der Waals surface area contributed by atoms with E-state index in [1.807, 2.05) is 91.9 Å². The number of para-hydroxylation sites is 3. The minimum atomic E-state index is -1.21. The fourth-order valence-electron chi connectivity index (χ4n) is 6.51. The second-order valence-corrected chi connectivity index (χ2v) is 10.9. The zero-order valence-corrected chi connectivity index (χ0v) is 22.7. The van der Waals surface area contributed by atoms with Crippen LogP contribution in [-0.4, -0.2) is 29.6 Å². The summed E-state index contributed by atoms with van der Waals surface area (Å²) in [4.78, 5) is 31.9. The Morgan fingerprint density at radius 2 is 1.61 bits per heavy atom. The summed E-state index contributed by atoms with van der Waals surface area (Å²) in [6.45, 7) is 2.43. The molecule has 1 fully saturated rings. The molecule has 0 aliphatic carbocycles. The van der Waals surface area contributed by atoms with Crippen LogP contribution < -0.4 is 14.5 Å². The van der Waals surface area contributed by atoms with Crippen LogP contribution in [0.3, 0.4) is 0 Å². The summed E-state index contributed by atoms with van der Waals surface area (Å²) in [5.74, 6) is 0.601. The van der Waals surface area contributed by atoms with E-state index in [1.54, 1.807) is 21.9 Å². The van der Waals surface area contributed by atoms with Crippen LogP contribution in [0.4, 0.5) is 17.1 Å². The second kappa shape index (κ2) is 9.87. The Hall–Kier alpha value is -4.46. The lowest BCUT2D eigenvalue weighted by Gasteiger charge is -2.29. The van der Waals surface area contributed by atoms with E-state index in [4.69, 9.17) is 9.47 Å². The topological polar surface area (TPSA) is 79.3 Å². The number of hydrogen-bond donors (Lipinski definition) is 1. The normalized spacial score (nSPS) is 22.8. The SMILES string of the molecule is C[C@@H]1C[C@H](CCO)O[C@@]12C(=O)N(Cc1ccccc1)c1ccc(N3C(=O)c4ccccc4Oc4ccccc43)cc12. The molecule has 3 aliphatic rings. The molecule has 7 heteroatoms. The molecule has 1 N–H and O–H groups in total. The molecule has 41 heavy (non-hydrogen) atoms. The molecule has 4 aromatic rings. The van der Waals surface area contributed by atoms with Crippen molar-refractivity contribution < 1.29 is 24.2 Å². The predicted molar refractivity (Wildman–Crippen MR) is 156 cm³/mol. The molecule has 0 saturated carbocycles. The maximum Gasteiger partial charge on any atom is 0.266 e. The minimum Gasteiger partial charge on any atom is -0.454 e. The van der Waals surface area contributed by atoms with Gasteiger partial charge >= 0.3 is 0 Å². The van der Waals surface area contributed by atoms with Gasteiger partial charge in [0.1, 0.15) is 5.75 Å². The lowest BCUT2D eigenvalue weighted by Crippen LogP contribution is -2.43. The summed E-state index contributed by atoms with van der Waals surface area (Å²) in [5, 5.41) is 9.66. The van der Waals surface area contributed by atoms with Crippen LogP contribution in [0.5, 0.6) is 11.5 Å². The van der Waals surface area contributed by atoms with E-state index in [2.05, 4.69) is 0 Å². The Bertz CT molecular complexity index is 1650. The lowest BCUT2D eigenvalue weighted by atomic mass is 9.82. The van der Waals surface area contributed by atoms with Gasteiger partial charge in [0.25, 0.3) is 11.8 Å². The number of aliphatic hydroxyl groups excluding tert-OH is 1. The molecular formula is C34H30N2O5. The van der Waals surface area contributed by atoms with Gasteiger partial charge in [0.05, 0.1) is 29.6 Å². The van der Waals surface area contributed by atoms with Gasteiger partial charge < -0.3 is 19.5 Å². The van der Waals surface area contributed by atoms with Gasteiger partial charge in [0.15, 0.2) is 11.4 Å². The van der Waals surface area contributed by atoms with E-state index < -0.39 is 5.60 Å². The number of anilines is 3. The number of ether oxygens (including phenoxy) is 2. The quantitative estimate of drug-likeness (QED) is 0.317. The summed E-state index contributed by atoms with van der Waals surface area (Å²) < 4.78 is 12.8. The van der Waals surface area contributed by atoms with Crippen LogP contribution in [-0.2, 0) is 21.7 Å². The maximum atomic E-state index is 14.4. The smallest absolute Gasteiger partial charge is 0.266 e. The second-order valence-electron chi connectivity index (χ2n) is 10.9. The van der Waals surface area contributed by atoms with Gasteiger partial charge in [-0.1, -0.05) is 61.5 Å². The fraction of sp³-hybridized carbons (Fsp3) is 0.235. The number of carbonyl (C=O) groups is 2. The zero-order valence-electron chi connectivity index (χ0n) is 22.7. The Balaban J connectivity index is 1.39. The Labute approximate surface area is 238 Å². The van der Waals surface area contributed by atoms with Crippen LogP contribution >= 0.6 is 0 Å². The molecule has 0 radical (unpaired) electrons. The molecule has 0 bridgehead atoms. The number of benzene rings is 4. The Kier molecular flexibility index (Phi) is 6.14. The van der Waals surface area contributed by atoms with Crippen molar-refractivity contribution in [2.75, 3.05) is 16.4 Å². The van der Waals surface area contributed by atoms with Gasteiger partial charge in [-0.15, -0.1) is 0 Å². The highest BCUT2D eigenvalue weighted by Crippen LogP contribution is 2.55. The van der Waals surface area contributed by atoms with Crippen molar-refractivity contribution in [1.29, 1.82) is 0 Å². The highest BCUT2D eigenvalue weighted by Gasteiger charge is 2.60. The molecule has 206 valence electrons. The first-order chi connectivity index (χ1) is 20.0. The molecule has 0 unspecified atom stereocenters. The van der Waals surface area contributed by atoms with Crippen molar-refractivity contribution >= 4 is 28.9 Å². The van der Waals surface area contributed by atoms with Crippen LogP contribution in [0.1, 0.15) is 41.3 Å². The summed E-state index contributed by atoms with van der Waals surface area (Å²) in [7, 11) is 0. The summed E-state index contributed by atoms with van der Waals surface area (Å²) >= 11 is 0. The summed E-state index contributed by atoms with van der Waals surface area (Å²) in [6, 6.07) is 30.3. The minimum absolute atomic E-state index is 0.0131. The molecule has 3 heterocycles. The van der Waals surface area contributed by atoms with E-state index in [9.17, 15) is 14.7 Å². The molecule has 4 aromatic carbocycles. The number of hydrogen-bond acceptors (Lipinski definition) is 5. The lowest BCUT2D eigenvalue weighted by molar-refractivity contribution is -0.146. The van der Waals surface area contributed by atoms with Crippen molar-refractivity contribution in [2.24, 2.45) is 5.92 Å². The molecule has 7 rings (SSSR count). The van der Waals surface area contributed by atoms with Gasteiger partial charge in [-0.25, -0.2) is 0 Å². The van der Waals surface area contributed by atoms with Crippen LogP contribution in [0.15, 0.2) is 97.1 Å². The van der Waals surface area contributed by atoms with Crippen molar-refractivity contribution in [3.63, 3.8) is 0 Å². The third-order valence-electron chi connectivity index (χ3n) is 8.44. The van der Waals surface area contributed by atoms with Crippen LogP contribution in [0, 0.1) is 5.92 Å². The molecule has 3 aliphatic heterocycles. The maximum absolute atomic E-state index is 14.4. The van der Waals surface area contributed by atoms with E-state index >= 15 is 0 Å². The number of aliphatic hydroxyl groups is 1.